The van der Waals surface area contributed by atoms with Gasteiger partial charge in [-0.3, -0.25) is 9.59 Å². The number of hydrogen-bond acceptors (Lipinski definition) is 4. The molecule has 0 aliphatic heterocycles. The highest BCUT2D eigenvalue weighted by molar-refractivity contribution is 5.97. The van der Waals surface area contributed by atoms with Crippen molar-refractivity contribution < 1.29 is 32.3 Å². The smallest absolute Gasteiger partial charge is 0.417 e. The molecule has 0 saturated heterocycles. The number of halogens is 3. The molecular formula is C18H15F3N2O4. The maximum atomic E-state index is 12.9. The van der Waals surface area contributed by atoms with Crippen LogP contribution in [0.2, 0.25) is 0 Å². The van der Waals surface area contributed by atoms with Gasteiger partial charge in [-0.1, -0.05) is 18.2 Å². The molecule has 6 nitrogen and oxygen atoms in total. The normalized spacial score (nSPS) is 10.8. The average Bonchev–Trinajstić information content (AvgIpc) is 2.58. The number of rotatable bonds is 5. The van der Waals surface area contributed by atoms with Crippen molar-refractivity contribution in [3.8, 4) is 0 Å². The summed E-state index contributed by atoms with van der Waals surface area (Å²) in [5.74, 6) is -2.30. The minimum absolute atomic E-state index is 0.296. The summed E-state index contributed by atoms with van der Waals surface area (Å²) in [6, 6.07) is 10.3. The first-order valence-corrected chi connectivity index (χ1v) is 7.67. The molecule has 0 aromatic heterocycles. The molecule has 142 valence electrons. The molecule has 0 unspecified atom stereocenters. The van der Waals surface area contributed by atoms with Crippen molar-refractivity contribution in [3.05, 3.63) is 59.7 Å². The van der Waals surface area contributed by atoms with Gasteiger partial charge in [0.05, 0.1) is 11.1 Å². The van der Waals surface area contributed by atoms with E-state index in [1.807, 2.05) is 0 Å². The topological polar surface area (TPSA) is 84.5 Å². The molecule has 2 aromatic rings. The summed E-state index contributed by atoms with van der Waals surface area (Å²) in [5, 5.41) is 4.95. The second-order valence-electron chi connectivity index (χ2n) is 5.43. The van der Waals surface area contributed by atoms with E-state index in [0.717, 1.165) is 18.2 Å². The van der Waals surface area contributed by atoms with Gasteiger partial charge in [0, 0.05) is 18.3 Å². The molecule has 0 bridgehead atoms. The van der Waals surface area contributed by atoms with E-state index in [1.54, 1.807) is 12.1 Å². The van der Waals surface area contributed by atoms with Gasteiger partial charge < -0.3 is 15.4 Å². The first kappa shape index (κ1) is 20.0. The summed E-state index contributed by atoms with van der Waals surface area (Å²) in [6.07, 6.45) is -4.72. The van der Waals surface area contributed by atoms with E-state index >= 15 is 0 Å². The number of ether oxygens (including phenoxy) is 1. The maximum Gasteiger partial charge on any atom is 0.417 e. The Morgan fingerprint density at radius 1 is 0.963 bits per heavy atom. The number of hydrogen-bond donors (Lipinski definition) is 2. The lowest BCUT2D eigenvalue weighted by atomic mass is 10.1. The predicted octanol–water partition coefficient (Wildman–Crippen LogP) is 3.46. The Morgan fingerprint density at radius 2 is 1.59 bits per heavy atom. The van der Waals surface area contributed by atoms with Crippen LogP contribution in [0.25, 0.3) is 0 Å². The number of nitrogens with one attached hydrogen (secondary N) is 2. The van der Waals surface area contributed by atoms with E-state index in [1.165, 1.54) is 25.1 Å². The molecule has 0 fully saturated rings. The fourth-order valence-corrected chi connectivity index (χ4v) is 2.19. The van der Waals surface area contributed by atoms with Gasteiger partial charge in [0.15, 0.2) is 6.61 Å². The van der Waals surface area contributed by atoms with Crippen LogP contribution in [0.1, 0.15) is 22.8 Å². The highest BCUT2D eigenvalue weighted by Crippen LogP contribution is 2.32. The molecule has 0 spiro atoms. The Balaban J connectivity index is 1.98. The molecule has 0 atom stereocenters. The zero-order chi connectivity index (χ0) is 20.0. The van der Waals surface area contributed by atoms with Crippen molar-refractivity contribution >= 4 is 29.2 Å². The molecule has 0 aliphatic carbocycles. The number of amides is 2. The lowest BCUT2D eigenvalue weighted by molar-refractivity contribution is -0.138. The minimum atomic E-state index is -4.72. The van der Waals surface area contributed by atoms with E-state index in [9.17, 15) is 27.6 Å². The van der Waals surface area contributed by atoms with E-state index in [-0.39, 0.29) is 5.91 Å². The molecule has 0 aliphatic rings. The van der Waals surface area contributed by atoms with Crippen molar-refractivity contribution in [1.29, 1.82) is 0 Å². The van der Waals surface area contributed by atoms with E-state index in [2.05, 4.69) is 15.4 Å². The highest BCUT2D eigenvalue weighted by Gasteiger charge is 2.35. The quantitative estimate of drug-likeness (QED) is 0.778. The summed E-state index contributed by atoms with van der Waals surface area (Å²) < 4.78 is 43.4. The van der Waals surface area contributed by atoms with Crippen LogP contribution < -0.4 is 10.6 Å². The van der Waals surface area contributed by atoms with Gasteiger partial charge in [-0.15, -0.1) is 0 Å². The molecule has 27 heavy (non-hydrogen) atoms. The Kier molecular flexibility index (Phi) is 6.17. The summed E-state index contributed by atoms with van der Waals surface area (Å²) >= 11 is 0. The average molecular weight is 380 g/mol. The summed E-state index contributed by atoms with van der Waals surface area (Å²) in [7, 11) is 0. The third-order valence-corrected chi connectivity index (χ3v) is 3.25. The van der Waals surface area contributed by atoms with Gasteiger partial charge in [-0.2, -0.15) is 13.2 Å². The standard InChI is InChI=1S/C18H15F3N2O4/c1-11(24)22-12-5-4-6-13(9-12)23-16(25)10-27-17(26)14-7-2-3-8-15(14)18(19,20)21/h2-9H,10H2,1H3,(H,22,24)(H,23,25). The van der Waals surface area contributed by atoms with Gasteiger partial charge in [-0.05, 0) is 30.3 Å². The Labute approximate surface area is 152 Å². The van der Waals surface area contributed by atoms with Crippen molar-refractivity contribution in [2.24, 2.45) is 0 Å². The van der Waals surface area contributed by atoms with E-state index < -0.39 is 35.8 Å². The molecule has 2 amide bonds. The van der Waals surface area contributed by atoms with Gasteiger partial charge >= 0.3 is 12.1 Å². The first-order chi connectivity index (χ1) is 12.7. The fourth-order valence-electron chi connectivity index (χ4n) is 2.19. The maximum absolute atomic E-state index is 12.9. The molecule has 0 heterocycles. The molecule has 2 N–H and O–H groups in total. The summed E-state index contributed by atoms with van der Waals surface area (Å²) in [5.41, 5.74) is -1.06. The largest absolute Gasteiger partial charge is 0.452 e. The third-order valence-electron chi connectivity index (χ3n) is 3.25. The van der Waals surface area contributed by atoms with Gasteiger partial charge in [0.25, 0.3) is 5.91 Å². The lowest BCUT2D eigenvalue weighted by Gasteiger charge is -2.12. The third kappa shape index (κ3) is 5.84. The first-order valence-electron chi connectivity index (χ1n) is 7.67. The second kappa shape index (κ2) is 8.35. The fraction of sp³-hybridized carbons (Fsp3) is 0.167. The number of alkyl halides is 3. The van der Waals surface area contributed by atoms with Crippen molar-refractivity contribution in [1.82, 2.24) is 0 Å². The van der Waals surface area contributed by atoms with Crippen LogP contribution in [0, 0.1) is 0 Å². The summed E-state index contributed by atoms with van der Waals surface area (Å²) in [6.45, 7) is 0.554. The zero-order valence-electron chi connectivity index (χ0n) is 14.1. The molecule has 0 saturated carbocycles. The van der Waals surface area contributed by atoms with Crippen LogP contribution in [0.5, 0.6) is 0 Å². The number of carbonyl (C=O) groups excluding carboxylic acids is 3. The number of benzene rings is 2. The molecule has 0 radical (unpaired) electrons. The van der Waals surface area contributed by atoms with Crippen molar-refractivity contribution in [3.63, 3.8) is 0 Å². The summed E-state index contributed by atoms with van der Waals surface area (Å²) in [4.78, 5) is 34.8. The van der Waals surface area contributed by atoms with Crippen LogP contribution in [0.3, 0.4) is 0 Å². The van der Waals surface area contributed by atoms with E-state index in [0.29, 0.717) is 11.4 Å². The lowest BCUT2D eigenvalue weighted by Crippen LogP contribution is -2.22. The van der Waals surface area contributed by atoms with E-state index in [4.69, 9.17) is 0 Å². The monoisotopic (exact) mass is 380 g/mol. The highest BCUT2D eigenvalue weighted by atomic mass is 19.4. The van der Waals surface area contributed by atoms with Crippen LogP contribution in [-0.4, -0.2) is 24.4 Å². The van der Waals surface area contributed by atoms with Gasteiger partial charge in [-0.25, -0.2) is 4.79 Å². The van der Waals surface area contributed by atoms with Gasteiger partial charge in [0.2, 0.25) is 5.91 Å². The number of carbonyl (C=O) groups is 3. The SMILES string of the molecule is CC(=O)Nc1cccc(NC(=O)COC(=O)c2ccccc2C(F)(F)F)c1. The van der Waals surface area contributed by atoms with Crippen LogP contribution in [0.15, 0.2) is 48.5 Å². The van der Waals surface area contributed by atoms with Crippen molar-refractivity contribution in [2.45, 2.75) is 13.1 Å². The van der Waals surface area contributed by atoms with Crippen molar-refractivity contribution in [2.75, 3.05) is 17.2 Å². The Bertz CT molecular complexity index is 866. The molecular weight excluding hydrogens is 365 g/mol. The predicted molar refractivity (Wildman–Crippen MR) is 91.1 cm³/mol. The van der Waals surface area contributed by atoms with Gasteiger partial charge in [0.1, 0.15) is 0 Å². The Morgan fingerprint density at radius 3 is 2.22 bits per heavy atom. The van der Waals surface area contributed by atoms with Crippen LogP contribution >= 0.6 is 0 Å². The molecule has 9 heteroatoms. The van der Waals surface area contributed by atoms with Crippen LogP contribution in [0.4, 0.5) is 24.5 Å². The zero-order valence-corrected chi connectivity index (χ0v) is 14.1. The molecule has 2 aromatic carbocycles. The van der Waals surface area contributed by atoms with Crippen LogP contribution in [-0.2, 0) is 20.5 Å². The number of anilines is 2. The minimum Gasteiger partial charge on any atom is -0.452 e. The Hall–Kier alpha value is -3.36. The number of esters is 1. The second-order valence-corrected chi connectivity index (χ2v) is 5.43. The molecule has 2 rings (SSSR count).